The number of likely N-dealkylation sites (tertiary alicyclic amines) is 1. The van der Waals surface area contributed by atoms with Gasteiger partial charge in [0.25, 0.3) is 0 Å². The maximum atomic E-state index is 12.8. The van der Waals surface area contributed by atoms with E-state index in [1.54, 1.807) is 18.2 Å². The van der Waals surface area contributed by atoms with Crippen LogP contribution in [0.1, 0.15) is 18.4 Å². The molecule has 0 spiro atoms. The van der Waals surface area contributed by atoms with Crippen molar-refractivity contribution in [3.63, 3.8) is 0 Å². The maximum Gasteiger partial charge on any atom is 0.227 e. The average molecular weight is 491 g/mol. The lowest BCUT2D eigenvalue weighted by molar-refractivity contribution is -0.131. The summed E-state index contributed by atoms with van der Waals surface area (Å²) in [5, 5.41) is 5.59. The molecule has 7 heteroatoms. The maximum absolute atomic E-state index is 12.8. The molecule has 1 fully saturated rings. The van der Waals surface area contributed by atoms with E-state index in [2.05, 4.69) is 23.5 Å². The van der Waals surface area contributed by atoms with Crippen molar-refractivity contribution in [3.8, 4) is 11.3 Å². The fourth-order valence-electron chi connectivity index (χ4n) is 4.38. The Hall–Kier alpha value is -3.15. The normalized spacial score (nSPS) is 14.4. The van der Waals surface area contributed by atoms with E-state index < -0.39 is 0 Å². The number of fused-ring (bicyclic) bond motifs is 1. The minimum Gasteiger partial charge on any atom is -0.351 e. The number of anilines is 1. The number of aromatic nitrogens is 2. The van der Waals surface area contributed by atoms with Crippen LogP contribution >= 0.6 is 23.2 Å². The molecule has 5 rings (SSSR count). The van der Waals surface area contributed by atoms with Gasteiger partial charge in [0.15, 0.2) is 0 Å². The second kappa shape index (κ2) is 10.00. The van der Waals surface area contributed by atoms with Crippen LogP contribution in [0.25, 0.3) is 22.2 Å². The smallest absolute Gasteiger partial charge is 0.227 e. The first kappa shape index (κ1) is 22.6. The van der Waals surface area contributed by atoms with Crippen LogP contribution in [0.15, 0.2) is 72.8 Å². The molecular weight excluding hydrogens is 467 g/mol. The molecule has 0 unspecified atom stereocenters. The third-order valence-corrected chi connectivity index (χ3v) is 6.93. The van der Waals surface area contributed by atoms with Crippen LogP contribution in [0.2, 0.25) is 10.0 Å². The molecule has 2 heterocycles. The number of carbonyl (C=O) groups is 1. The Balaban J connectivity index is 1.28. The van der Waals surface area contributed by atoms with Gasteiger partial charge in [0.05, 0.1) is 17.6 Å². The van der Waals surface area contributed by atoms with Gasteiger partial charge in [0.2, 0.25) is 11.9 Å². The van der Waals surface area contributed by atoms with Crippen molar-refractivity contribution in [3.05, 3.63) is 88.4 Å². The number of halogens is 2. The summed E-state index contributed by atoms with van der Waals surface area (Å²) in [7, 11) is 0. The van der Waals surface area contributed by atoms with E-state index in [0.29, 0.717) is 34.6 Å². The summed E-state index contributed by atoms with van der Waals surface area (Å²) in [5.41, 5.74) is 3.57. The fraction of sp³-hybridized carbons (Fsp3) is 0.222. The van der Waals surface area contributed by atoms with E-state index in [0.717, 1.165) is 35.0 Å². The second-order valence-electron chi connectivity index (χ2n) is 8.46. The summed E-state index contributed by atoms with van der Waals surface area (Å²) in [6.07, 6.45) is 1.85. The van der Waals surface area contributed by atoms with Crippen LogP contribution in [0.4, 0.5) is 5.95 Å². The highest BCUT2D eigenvalue weighted by molar-refractivity contribution is 6.36. The van der Waals surface area contributed by atoms with Crippen LogP contribution in [-0.4, -0.2) is 39.9 Å². The molecule has 5 nitrogen and oxygen atoms in total. The van der Waals surface area contributed by atoms with Gasteiger partial charge in [-0.2, -0.15) is 0 Å². The van der Waals surface area contributed by atoms with Gasteiger partial charge >= 0.3 is 0 Å². The summed E-state index contributed by atoms with van der Waals surface area (Å²) < 4.78 is 0. The molecule has 0 bridgehead atoms. The van der Waals surface area contributed by atoms with Gasteiger partial charge in [0.1, 0.15) is 0 Å². The molecule has 1 N–H and O–H groups in total. The van der Waals surface area contributed by atoms with Crippen molar-refractivity contribution < 1.29 is 4.79 Å². The van der Waals surface area contributed by atoms with Gasteiger partial charge in [-0.3, -0.25) is 4.79 Å². The molecule has 3 aromatic carbocycles. The number of hydrogen-bond donors (Lipinski definition) is 1. The number of hydrogen-bond acceptors (Lipinski definition) is 4. The largest absolute Gasteiger partial charge is 0.351 e. The topological polar surface area (TPSA) is 58.1 Å². The number of carbonyl (C=O) groups excluding carboxylic acids is 1. The molecule has 0 radical (unpaired) electrons. The zero-order valence-electron chi connectivity index (χ0n) is 18.5. The number of nitrogens with zero attached hydrogens (tertiary/aromatic N) is 3. The lowest BCUT2D eigenvalue weighted by atomic mass is 10.0. The van der Waals surface area contributed by atoms with Crippen LogP contribution in [-0.2, 0) is 11.2 Å². The molecular formula is C27H24Cl2N4O. The summed E-state index contributed by atoms with van der Waals surface area (Å²) in [6.45, 7) is 1.33. The van der Waals surface area contributed by atoms with Crippen molar-refractivity contribution in [1.82, 2.24) is 14.9 Å². The average Bonchev–Trinajstić information content (AvgIpc) is 2.87. The summed E-state index contributed by atoms with van der Waals surface area (Å²) in [6, 6.07) is 23.7. The zero-order valence-corrected chi connectivity index (χ0v) is 20.1. The highest BCUT2D eigenvalue weighted by atomic mass is 35.5. The first-order valence-electron chi connectivity index (χ1n) is 11.4. The molecule has 4 aromatic rings. The molecule has 1 aliphatic heterocycles. The Labute approximate surface area is 208 Å². The summed E-state index contributed by atoms with van der Waals surface area (Å²) in [4.78, 5) is 24.3. The Morgan fingerprint density at radius 1 is 0.882 bits per heavy atom. The number of amides is 1. The predicted octanol–water partition coefficient (Wildman–Crippen LogP) is 6.25. The van der Waals surface area contributed by atoms with Gasteiger partial charge in [-0.15, -0.1) is 0 Å². The van der Waals surface area contributed by atoms with E-state index in [-0.39, 0.29) is 18.4 Å². The molecule has 1 saturated heterocycles. The number of para-hydroxylation sites is 1. The molecule has 0 saturated carbocycles. The van der Waals surface area contributed by atoms with E-state index in [1.165, 1.54) is 0 Å². The molecule has 1 aliphatic rings. The van der Waals surface area contributed by atoms with E-state index in [9.17, 15) is 4.79 Å². The third kappa shape index (κ3) is 4.86. The van der Waals surface area contributed by atoms with Crippen molar-refractivity contribution in [2.24, 2.45) is 0 Å². The highest BCUT2D eigenvalue weighted by Gasteiger charge is 2.24. The Kier molecular flexibility index (Phi) is 6.66. The van der Waals surface area contributed by atoms with Crippen molar-refractivity contribution >= 4 is 46.0 Å². The lowest BCUT2D eigenvalue weighted by Crippen LogP contribution is -2.43. The Morgan fingerprint density at radius 3 is 2.29 bits per heavy atom. The standard InChI is InChI=1S/C27H24Cl2N4O/c28-22-10-6-11-23(29)21(22)17-25(34)33-15-13-19(14-16-33)30-27-31-24-12-5-4-9-20(24)26(32-27)18-7-2-1-3-8-18/h1-12,19H,13-17H2,(H,30,31,32). The third-order valence-electron chi connectivity index (χ3n) is 6.22. The molecule has 34 heavy (non-hydrogen) atoms. The fourth-order valence-corrected chi connectivity index (χ4v) is 4.91. The van der Waals surface area contributed by atoms with E-state index in [1.807, 2.05) is 41.3 Å². The van der Waals surface area contributed by atoms with Crippen molar-refractivity contribution in [2.45, 2.75) is 25.3 Å². The van der Waals surface area contributed by atoms with Gasteiger partial charge in [-0.05, 0) is 36.6 Å². The number of piperidine rings is 1. The minimum absolute atomic E-state index is 0.0433. The Bertz CT molecular complexity index is 1300. The van der Waals surface area contributed by atoms with Crippen LogP contribution < -0.4 is 5.32 Å². The van der Waals surface area contributed by atoms with Gasteiger partial charge < -0.3 is 10.2 Å². The lowest BCUT2D eigenvalue weighted by Gasteiger charge is -2.32. The van der Waals surface area contributed by atoms with Gasteiger partial charge in [-0.1, -0.05) is 77.8 Å². The molecule has 0 aliphatic carbocycles. The van der Waals surface area contributed by atoms with E-state index >= 15 is 0 Å². The summed E-state index contributed by atoms with van der Waals surface area (Å²) >= 11 is 12.5. The Morgan fingerprint density at radius 2 is 1.56 bits per heavy atom. The van der Waals surface area contributed by atoms with E-state index in [4.69, 9.17) is 33.2 Å². The monoisotopic (exact) mass is 490 g/mol. The van der Waals surface area contributed by atoms with Crippen molar-refractivity contribution in [1.29, 1.82) is 0 Å². The first-order chi connectivity index (χ1) is 16.6. The first-order valence-corrected chi connectivity index (χ1v) is 12.1. The SMILES string of the molecule is O=C(Cc1c(Cl)cccc1Cl)N1CCC(Nc2nc(-c3ccccc3)c3ccccc3n2)CC1. The van der Waals surface area contributed by atoms with Crippen molar-refractivity contribution in [2.75, 3.05) is 18.4 Å². The molecule has 0 atom stereocenters. The number of rotatable bonds is 5. The van der Waals surface area contributed by atoms with Crippen LogP contribution in [0.5, 0.6) is 0 Å². The van der Waals surface area contributed by atoms with Crippen LogP contribution in [0.3, 0.4) is 0 Å². The molecule has 172 valence electrons. The highest BCUT2D eigenvalue weighted by Crippen LogP contribution is 2.28. The molecule has 1 amide bonds. The van der Waals surface area contributed by atoms with Crippen LogP contribution in [0, 0.1) is 0 Å². The minimum atomic E-state index is 0.0433. The number of nitrogens with one attached hydrogen (secondary N) is 1. The summed E-state index contributed by atoms with van der Waals surface area (Å²) in [5.74, 6) is 0.659. The zero-order chi connectivity index (χ0) is 23.5. The van der Waals surface area contributed by atoms with Gasteiger partial charge in [0, 0.05) is 40.1 Å². The number of benzene rings is 3. The predicted molar refractivity (Wildman–Crippen MR) is 138 cm³/mol. The molecule has 1 aromatic heterocycles. The van der Waals surface area contributed by atoms with Gasteiger partial charge in [-0.25, -0.2) is 9.97 Å². The second-order valence-corrected chi connectivity index (χ2v) is 9.27. The quantitative estimate of drug-likeness (QED) is 0.359.